The van der Waals surface area contributed by atoms with Crippen LogP contribution in [0, 0.1) is 28.9 Å². The van der Waals surface area contributed by atoms with E-state index in [-0.39, 0.29) is 29.8 Å². The van der Waals surface area contributed by atoms with E-state index in [2.05, 4.69) is 5.32 Å². The van der Waals surface area contributed by atoms with Crippen molar-refractivity contribution in [3.63, 3.8) is 0 Å². The highest BCUT2D eigenvalue weighted by atomic mass is 19.2. The van der Waals surface area contributed by atoms with Crippen molar-refractivity contribution in [3.05, 3.63) is 29.3 Å². The lowest BCUT2D eigenvalue weighted by Crippen LogP contribution is -2.30. The Balaban J connectivity index is 3.01. The molecular weight excluding hydrogens is 226 g/mol. The number of benzene rings is 1. The highest BCUT2D eigenvalue weighted by Gasteiger charge is 2.17. The predicted molar refractivity (Wildman–Crippen MR) is 60.4 cm³/mol. The van der Waals surface area contributed by atoms with Crippen LogP contribution in [0.3, 0.4) is 0 Å². The first-order valence-electron chi connectivity index (χ1n) is 5.26. The van der Waals surface area contributed by atoms with Gasteiger partial charge in [-0.25, -0.2) is 8.78 Å². The molecule has 0 amide bonds. The molecule has 1 atom stereocenters. The summed E-state index contributed by atoms with van der Waals surface area (Å²) in [5.41, 5.74) is -0.382. The first-order valence-corrected chi connectivity index (χ1v) is 5.26. The van der Waals surface area contributed by atoms with Gasteiger partial charge in [0.15, 0.2) is 11.6 Å². The molecule has 0 aliphatic rings. The number of rotatable bonds is 4. The Morgan fingerprint density at radius 1 is 1.35 bits per heavy atom. The molecule has 0 saturated heterocycles. The van der Waals surface area contributed by atoms with Crippen molar-refractivity contribution in [2.24, 2.45) is 5.92 Å². The third-order valence-electron chi connectivity index (χ3n) is 2.55. The first-order chi connectivity index (χ1) is 8.01. The van der Waals surface area contributed by atoms with E-state index in [1.165, 1.54) is 12.1 Å². The van der Waals surface area contributed by atoms with Gasteiger partial charge in [-0.1, -0.05) is 13.8 Å². The number of halogens is 2. The molecule has 1 unspecified atom stereocenters. The summed E-state index contributed by atoms with van der Waals surface area (Å²) in [5, 5.41) is 20.3. The summed E-state index contributed by atoms with van der Waals surface area (Å²) in [5.74, 6) is -2.20. The zero-order valence-corrected chi connectivity index (χ0v) is 9.67. The molecule has 2 N–H and O–H groups in total. The van der Waals surface area contributed by atoms with Gasteiger partial charge >= 0.3 is 0 Å². The Hall–Kier alpha value is -1.67. The van der Waals surface area contributed by atoms with Crippen LogP contribution in [0.15, 0.2) is 12.1 Å². The number of hydrogen-bond acceptors (Lipinski definition) is 3. The molecule has 1 aromatic rings. The van der Waals surface area contributed by atoms with E-state index in [4.69, 9.17) is 10.4 Å². The van der Waals surface area contributed by atoms with Crippen LogP contribution in [0.5, 0.6) is 0 Å². The molecule has 0 saturated carbocycles. The van der Waals surface area contributed by atoms with Crippen molar-refractivity contribution in [3.8, 4) is 6.07 Å². The van der Waals surface area contributed by atoms with E-state index in [0.717, 1.165) is 0 Å². The number of aliphatic hydroxyl groups excluding tert-OH is 1. The van der Waals surface area contributed by atoms with Crippen molar-refractivity contribution < 1.29 is 13.9 Å². The van der Waals surface area contributed by atoms with Gasteiger partial charge in [-0.2, -0.15) is 5.26 Å². The Kier molecular flexibility index (Phi) is 4.41. The van der Waals surface area contributed by atoms with Crippen LogP contribution in [0.2, 0.25) is 0 Å². The molecule has 92 valence electrons. The summed E-state index contributed by atoms with van der Waals surface area (Å²) in [7, 11) is 0. The average Bonchev–Trinajstić information content (AvgIpc) is 2.30. The molecule has 17 heavy (non-hydrogen) atoms. The second-order valence-corrected chi connectivity index (χ2v) is 4.08. The fourth-order valence-electron chi connectivity index (χ4n) is 1.37. The molecule has 0 aliphatic carbocycles. The molecule has 1 aromatic carbocycles. The standard InChI is InChI=1S/C12H14F2N2O/c1-7(2)10(6-17)16-9-4-3-8(5-15)11(13)12(9)14/h3-4,7,10,16-17H,6H2,1-2H3. The molecule has 0 fully saturated rings. The van der Waals surface area contributed by atoms with Crippen LogP contribution in [-0.2, 0) is 0 Å². The molecule has 0 aromatic heterocycles. The van der Waals surface area contributed by atoms with Gasteiger partial charge in [0.05, 0.1) is 23.9 Å². The van der Waals surface area contributed by atoms with Crippen molar-refractivity contribution >= 4 is 5.69 Å². The van der Waals surface area contributed by atoms with Crippen molar-refractivity contribution in [2.75, 3.05) is 11.9 Å². The first kappa shape index (κ1) is 13.4. The number of hydrogen-bond donors (Lipinski definition) is 2. The second kappa shape index (κ2) is 5.60. The summed E-state index contributed by atoms with van der Waals surface area (Å²) in [6, 6.07) is 3.69. The maximum Gasteiger partial charge on any atom is 0.183 e. The van der Waals surface area contributed by atoms with Gasteiger partial charge in [0.25, 0.3) is 0 Å². The van der Waals surface area contributed by atoms with Crippen molar-refractivity contribution in [1.82, 2.24) is 0 Å². The van der Waals surface area contributed by atoms with E-state index in [1.807, 2.05) is 13.8 Å². The third-order valence-corrected chi connectivity index (χ3v) is 2.55. The van der Waals surface area contributed by atoms with E-state index in [9.17, 15) is 8.78 Å². The highest BCUT2D eigenvalue weighted by Crippen LogP contribution is 2.22. The minimum atomic E-state index is -1.17. The summed E-state index contributed by atoms with van der Waals surface area (Å²) in [6.07, 6.45) is 0. The van der Waals surface area contributed by atoms with Gasteiger partial charge in [0.1, 0.15) is 6.07 Å². The predicted octanol–water partition coefficient (Wildman–Crippen LogP) is 2.27. The van der Waals surface area contributed by atoms with Crippen LogP contribution in [-0.4, -0.2) is 17.8 Å². The summed E-state index contributed by atoms with van der Waals surface area (Å²) >= 11 is 0. The summed E-state index contributed by atoms with van der Waals surface area (Å²) in [6.45, 7) is 3.52. The fraction of sp³-hybridized carbons (Fsp3) is 0.417. The molecule has 0 aliphatic heterocycles. The quantitative estimate of drug-likeness (QED) is 0.848. The normalized spacial score (nSPS) is 12.3. The van der Waals surface area contributed by atoms with E-state index < -0.39 is 11.6 Å². The monoisotopic (exact) mass is 240 g/mol. The van der Waals surface area contributed by atoms with Crippen LogP contribution in [0.1, 0.15) is 19.4 Å². The lowest BCUT2D eigenvalue weighted by atomic mass is 10.0. The molecule has 0 bridgehead atoms. The van der Waals surface area contributed by atoms with Gasteiger partial charge in [-0.15, -0.1) is 0 Å². The zero-order valence-electron chi connectivity index (χ0n) is 9.67. The van der Waals surface area contributed by atoms with E-state index in [1.54, 1.807) is 6.07 Å². The average molecular weight is 240 g/mol. The molecule has 3 nitrogen and oxygen atoms in total. The SMILES string of the molecule is CC(C)C(CO)Nc1ccc(C#N)c(F)c1F. The Morgan fingerprint density at radius 2 is 2.00 bits per heavy atom. The van der Waals surface area contributed by atoms with Gasteiger partial charge in [-0.3, -0.25) is 0 Å². The van der Waals surface area contributed by atoms with Gasteiger partial charge < -0.3 is 10.4 Å². The van der Waals surface area contributed by atoms with Gasteiger partial charge in [0.2, 0.25) is 0 Å². The number of nitrogens with zero attached hydrogens (tertiary/aromatic N) is 1. The van der Waals surface area contributed by atoms with E-state index in [0.29, 0.717) is 0 Å². The number of anilines is 1. The topological polar surface area (TPSA) is 56.0 Å². The molecule has 0 heterocycles. The highest BCUT2D eigenvalue weighted by molar-refractivity contribution is 5.50. The maximum atomic E-state index is 13.5. The summed E-state index contributed by atoms with van der Waals surface area (Å²) < 4.78 is 26.9. The third kappa shape index (κ3) is 2.92. The lowest BCUT2D eigenvalue weighted by Gasteiger charge is -2.21. The Morgan fingerprint density at radius 3 is 2.47 bits per heavy atom. The summed E-state index contributed by atoms with van der Waals surface area (Å²) in [4.78, 5) is 0. The van der Waals surface area contributed by atoms with Crippen molar-refractivity contribution in [2.45, 2.75) is 19.9 Å². The molecule has 5 heteroatoms. The molecular formula is C12H14F2N2O. The van der Waals surface area contributed by atoms with Gasteiger partial charge in [-0.05, 0) is 18.1 Å². The van der Waals surface area contributed by atoms with Crippen LogP contribution >= 0.6 is 0 Å². The maximum absolute atomic E-state index is 13.5. The van der Waals surface area contributed by atoms with E-state index >= 15 is 0 Å². The molecule has 0 spiro atoms. The second-order valence-electron chi connectivity index (χ2n) is 4.08. The zero-order chi connectivity index (χ0) is 13.0. The number of aliphatic hydroxyl groups is 1. The number of nitrogens with one attached hydrogen (secondary N) is 1. The lowest BCUT2D eigenvalue weighted by molar-refractivity contribution is 0.249. The smallest absolute Gasteiger partial charge is 0.183 e. The Bertz CT molecular complexity index is 441. The molecule has 0 radical (unpaired) electrons. The Labute approximate surface area is 98.7 Å². The minimum absolute atomic E-state index is 0.0470. The van der Waals surface area contributed by atoms with Crippen molar-refractivity contribution in [1.29, 1.82) is 5.26 Å². The largest absolute Gasteiger partial charge is 0.394 e. The fourth-order valence-corrected chi connectivity index (χ4v) is 1.37. The van der Waals surface area contributed by atoms with Crippen LogP contribution in [0.25, 0.3) is 0 Å². The molecule has 1 rings (SSSR count). The van der Waals surface area contributed by atoms with Gasteiger partial charge in [0, 0.05) is 0 Å². The minimum Gasteiger partial charge on any atom is -0.394 e. The van der Waals surface area contributed by atoms with Crippen LogP contribution in [0.4, 0.5) is 14.5 Å². The number of nitriles is 1. The van der Waals surface area contributed by atoms with Crippen LogP contribution < -0.4 is 5.32 Å².